The maximum Gasteiger partial charge on any atom is 0.418 e. The lowest BCUT2D eigenvalue weighted by atomic mass is 10.1. The first kappa shape index (κ1) is 23.0. The number of benzene rings is 3. The minimum Gasteiger partial charge on any atom is -0.376 e. The predicted octanol–water partition coefficient (Wildman–Crippen LogP) is 5.68. The third-order valence-corrected chi connectivity index (χ3v) is 4.83. The summed E-state index contributed by atoms with van der Waals surface area (Å²) >= 11 is 0. The van der Waals surface area contributed by atoms with Gasteiger partial charge in [-0.1, -0.05) is 35.5 Å². The van der Waals surface area contributed by atoms with Crippen LogP contribution in [-0.4, -0.2) is 16.0 Å². The molecule has 0 spiro atoms. The maximum atomic E-state index is 13.7. The van der Waals surface area contributed by atoms with Crippen molar-refractivity contribution in [2.45, 2.75) is 19.1 Å². The number of nitrogens with zero attached hydrogens (tertiary/aromatic N) is 2. The Bertz CT molecular complexity index is 1270. The Labute approximate surface area is 191 Å². The number of amides is 1. The molecule has 0 aliphatic rings. The highest BCUT2D eigenvalue weighted by Crippen LogP contribution is 2.37. The summed E-state index contributed by atoms with van der Waals surface area (Å²) in [6, 6.07) is 17.4. The quantitative estimate of drug-likeness (QED) is 0.340. The van der Waals surface area contributed by atoms with E-state index < -0.39 is 23.5 Å². The molecule has 4 aromatic rings. The maximum absolute atomic E-state index is 13.7. The second-order valence-electron chi connectivity index (χ2n) is 7.34. The van der Waals surface area contributed by atoms with E-state index in [1.165, 1.54) is 24.3 Å². The van der Waals surface area contributed by atoms with E-state index in [2.05, 4.69) is 20.8 Å². The van der Waals surface area contributed by atoms with Crippen LogP contribution in [0.5, 0.6) is 0 Å². The van der Waals surface area contributed by atoms with Gasteiger partial charge < -0.3 is 15.2 Å². The minimum absolute atomic E-state index is 0.0601. The van der Waals surface area contributed by atoms with Crippen molar-refractivity contribution in [2.24, 2.45) is 0 Å². The van der Waals surface area contributed by atoms with Crippen molar-refractivity contribution in [3.63, 3.8) is 0 Å². The van der Waals surface area contributed by atoms with Crippen molar-refractivity contribution in [1.82, 2.24) is 10.1 Å². The van der Waals surface area contributed by atoms with Crippen LogP contribution in [0.4, 0.5) is 28.9 Å². The predicted molar refractivity (Wildman–Crippen MR) is 117 cm³/mol. The largest absolute Gasteiger partial charge is 0.418 e. The zero-order valence-corrected chi connectivity index (χ0v) is 17.6. The van der Waals surface area contributed by atoms with Gasteiger partial charge in [-0.25, -0.2) is 4.39 Å². The summed E-state index contributed by atoms with van der Waals surface area (Å²) in [6.45, 7) is -0.119. The number of rotatable bonds is 7. The van der Waals surface area contributed by atoms with Gasteiger partial charge in [-0.2, -0.15) is 18.2 Å². The van der Waals surface area contributed by atoms with Gasteiger partial charge in [0.05, 0.1) is 12.1 Å². The van der Waals surface area contributed by atoms with Gasteiger partial charge >= 0.3 is 6.18 Å². The number of carbonyl (C=O) groups is 1. The highest BCUT2D eigenvalue weighted by Gasteiger charge is 2.34. The van der Waals surface area contributed by atoms with Crippen LogP contribution in [0.15, 0.2) is 77.3 Å². The summed E-state index contributed by atoms with van der Waals surface area (Å²) in [5, 5.41) is 8.91. The number of aromatic nitrogens is 2. The van der Waals surface area contributed by atoms with E-state index in [1.807, 2.05) is 30.3 Å². The lowest BCUT2D eigenvalue weighted by Gasteiger charge is -2.16. The average molecular weight is 470 g/mol. The van der Waals surface area contributed by atoms with Crippen LogP contribution in [-0.2, 0) is 19.1 Å². The SMILES string of the molecule is O=C(Nc1ccc(NCc2nc(Cc3ccccc3)no2)c(C(F)(F)F)c1)c1ccc(F)cc1. The van der Waals surface area contributed by atoms with Crippen LogP contribution < -0.4 is 10.6 Å². The molecule has 0 bridgehead atoms. The van der Waals surface area contributed by atoms with E-state index in [9.17, 15) is 22.4 Å². The molecular weight excluding hydrogens is 452 g/mol. The van der Waals surface area contributed by atoms with E-state index in [0.29, 0.717) is 12.2 Å². The van der Waals surface area contributed by atoms with Crippen LogP contribution in [0.1, 0.15) is 33.2 Å². The molecule has 174 valence electrons. The van der Waals surface area contributed by atoms with Gasteiger partial charge in [0.25, 0.3) is 5.91 Å². The number of carbonyl (C=O) groups excluding carboxylic acids is 1. The highest BCUT2D eigenvalue weighted by atomic mass is 19.4. The van der Waals surface area contributed by atoms with Crippen molar-refractivity contribution in [3.05, 3.63) is 107 Å². The van der Waals surface area contributed by atoms with Crippen molar-refractivity contribution in [3.8, 4) is 0 Å². The smallest absolute Gasteiger partial charge is 0.376 e. The van der Waals surface area contributed by atoms with E-state index in [4.69, 9.17) is 4.52 Å². The fourth-order valence-corrected chi connectivity index (χ4v) is 3.20. The second-order valence-corrected chi connectivity index (χ2v) is 7.34. The fourth-order valence-electron chi connectivity index (χ4n) is 3.20. The molecule has 10 heteroatoms. The van der Waals surface area contributed by atoms with Crippen LogP contribution >= 0.6 is 0 Å². The Kier molecular flexibility index (Phi) is 6.58. The first-order valence-corrected chi connectivity index (χ1v) is 10.2. The molecule has 0 atom stereocenters. The first-order chi connectivity index (χ1) is 16.3. The van der Waals surface area contributed by atoms with Gasteiger partial charge in [-0.3, -0.25) is 4.79 Å². The van der Waals surface area contributed by atoms with Gasteiger partial charge in [-0.15, -0.1) is 0 Å². The summed E-state index contributed by atoms with van der Waals surface area (Å²) < 4.78 is 59.1. The van der Waals surface area contributed by atoms with E-state index >= 15 is 0 Å². The number of hydrogen-bond acceptors (Lipinski definition) is 5. The van der Waals surface area contributed by atoms with Crippen molar-refractivity contribution < 1.29 is 26.9 Å². The van der Waals surface area contributed by atoms with Crippen LogP contribution in [0.3, 0.4) is 0 Å². The van der Waals surface area contributed by atoms with Crippen molar-refractivity contribution in [1.29, 1.82) is 0 Å². The molecule has 0 aliphatic heterocycles. The topological polar surface area (TPSA) is 80.0 Å². The molecule has 1 heterocycles. The molecule has 0 aliphatic carbocycles. The fraction of sp³-hybridized carbons (Fsp3) is 0.125. The standard InChI is InChI=1S/C24H18F4N4O2/c25-17-8-6-16(7-9-17)23(33)30-18-10-11-20(19(13-18)24(26,27)28)29-14-22-31-21(32-34-22)12-15-4-2-1-3-5-15/h1-11,13,29H,12,14H2,(H,30,33). The summed E-state index contributed by atoms with van der Waals surface area (Å²) in [7, 11) is 0. The molecule has 2 N–H and O–H groups in total. The highest BCUT2D eigenvalue weighted by molar-refractivity contribution is 6.04. The monoisotopic (exact) mass is 470 g/mol. The van der Waals surface area contributed by atoms with E-state index in [0.717, 1.165) is 23.8 Å². The minimum atomic E-state index is -4.69. The molecule has 0 saturated heterocycles. The van der Waals surface area contributed by atoms with E-state index in [-0.39, 0.29) is 29.4 Å². The Morgan fingerprint density at radius 3 is 2.41 bits per heavy atom. The molecule has 0 radical (unpaired) electrons. The Morgan fingerprint density at radius 1 is 0.971 bits per heavy atom. The number of alkyl halides is 3. The van der Waals surface area contributed by atoms with Crippen molar-refractivity contribution >= 4 is 17.3 Å². The second kappa shape index (κ2) is 9.74. The van der Waals surface area contributed by atoms with Crippen LogP contribution in [0, 0.1) is 5.82 Å². The number of anilines is 2. The molecule has 1 aromatic heterocycles. The summed E-state index contributed by atoms with van der Waals surface area (Å²) in [4.78, 5) is 16.5. The Hall–Kier alpha value is -4.21. The molecule has 4 rings (SSSR count). The zero-order chi connectivity index (χ0) is 24.1. The molecular formula is C24H18F4N4O2. The van der Waals surface area contributed by atoms with Gasteiger partial charge in [0.1, 0.15) is 5.82 Å². The Balaban J connectivity index is 1.45. The zero-order valence-electron chi connectivity index (χ0n) is 17.6. The van der Waals surface area contributed by atoms with Gasteiger partial charge in [0.2, 0.25) is 5.89 Å². The number of hydrogen-bond donors (Lipinski definition) is 2. The molecule has 34 heavy (non-hydrogen) atoms. The molecule has 1 amide bonds. The van der Waals surface area contributed by atoms with Gasteiger partial charge in [-0.05, 0) is 48.0 Å². The first-order valence-electron chi connectivity index (χ1n) is 10.2. The van der Waals surface area contributed by atoms with Crippen LogP contribution in [0.25, 0.3) is 0 Å². The van der Waals surface area contributed by atoms with Crippen molar-refractivity contribution in [2.75, 3.05) is 10.6 Å². The average Bonchev–Trinajstić information content (AvgIpc) is 3.26. The molecule has 6 nitrogen and oxygen atoms in total. The van der Waals surface area contributed by atoms with Gasteiger partial charge in [0.15, 0.2) is 5.82 Å². The van der Waals surface area contributed by atoms with E-state index in [1.54, 1.807) is 0 Å². The molecule has 0 saturated carbocycles. The normalized spacial score (nSPS) is 11.3. The number of nitrogens with one attached hydrogen (secondary N) is 2. The summed E-state index contributed by atoms with van der Waals surface area (Å²) in [5.74, 6) is -0.643. The van der Waals surface area contributed by atoms with Gasteiger partial charge in [0, 0.05) is 23.4 Å². The number of halogens is 4. The molecule has 0 fully saturated rings. The summed E-state index contributed by atoms with van der Waals surface area (Å²) in [5.41, 5.74) is -0.168. The third kappa shape index (κ3) is 5.77. The molecule has 3 aromatic carbocycles. The lowest BCUT2D eigenvalue weighted by molar-refractivity contribution is -0.136. The lowest BCUT2D eigenvalue weighted by Crippen LogP contribution is -2.15. The summed E-state index contributed by atoms with van der Waals surface area (Å²) in [6.07, 6.45) is -4.26. The third-order valence-electron chi connectivity index (χ3n) is 4.83. The van der Waals surface area contributed by atoms with Crippen LogP contribution in [0.2, 0.25) is 0 Å². The Morgan fingerprint density at radius 2 is 1.71 bits per heavy atom. The molecule has 0 unspecified atom stereocenters.